The summed E-state index contributed by atoms with van der Waals surface area (Å²) in [4.78, 5) is 10.5. The molecule has 1 unspecified atom stereocenters. The Morgan fingerprint density at radius 2 is 2.15 bits per heavy atom. The molecule has 1 atom stereocenters. The quantitative estimate of drug-likeness (QED) is 0.744. The lowest BCUT2D eigenvalue weighted by Crippen LogP contribution is -2.12. The van der Waals surface area contributed by atoms with Gasteiger partial charge in [-0.2, -0.15) is 11.8 Å². The van der Waals surface area contributed by atoms with Crippen molar-refractivity contribution in [2.45, 2.75) is 55.9 Å². The predicted molar refractivity (Wildman–Crippen MR) is 56.2 cm³/mol. The highest BCUT2D eigenvalue weighted by Gasteiger charge is 2.21. The van der Waals surface area contributed by atoms with Gasteiger partial charge in [-0.05, 0) is 19.3 Å². The van der Waals surface area contributed by atoms with Crippen LogP contribution in [0.25, 0.3) is 0 Å². The minimum Gasteiger partial charge on any atom is -0.481 e. The van der Waals surface area contributed by atoms with Crippen LogP contribution in [0, 0.1) is 0 Å². The zero-order valence-corrected chi connectivity index (χ0v) is 8.98. The van der Waals surface area contributed by atoms with Crippen molar-refractivity contribution in [3.8, 4) is 0 Å². The molecule has 0 amide bonds. The fraction of sp³-hybridized carbons (Fsp3) is 0.900. The molecule has 0 saturated heterocycles. The van der Waals surface area contributed by atoms with E-state index in [1.807, 2.05) is 11.8 Å². The smallest absolute Gasteiger partial charge is 0.304 e. The first-order valence-electron chi connectivity index (χ1n) is 5.09. The Kier molecular flexibility index (Phi) is 4.64. The van der Waals surface area contributed by atoms with E-state index in [1.54, 1.807) is 0 Å². The summed E-state index contributed by atoms with van der Waals surface area (Å²) in [7, 11) is 0. The molecule has 1 aliphatic carbocycles. The van der Waals surface area contributed by atoms with Crippen molar-refractivity contribution in [1.82, 2.24) is 0 Å². The fourth-order valence-electron chi connectivity index (χ4n) is 1.78. The number of carboxylic acids is 1. The van der Waals surface area contributed by atoms with Crippen LogP contribution in [0.1, 0.15) is 45.4 Å². The summed E-state index contributed by atoms with van der Waals surface area (Å²) in [6.45, 7) is 2.08. The van der Waals surface area contributed by atoms with Gasteiger partial charge in [-0.1, -0.05) is 19.8 Å². The number of hydrogen-bond donors (Lipinski definition) is 1. The summed E-state index contributed by atoms with van der Waals surface area (Å²) >= 11 is 1.90. The zero-order valence-electron chi connectivity index (χ0n) is 8.16. The number of thioether (sulfide) groups is 1. The van der Waals surface area contributed by atoms with Crippen LogP contribution in [-0.4, -0.2) is 21.6 Å². The van der Waals surface area contributed by atoms with E-state index >= 15 is 0 Å². The van der Waals surface area contributed by atoms with E-state index in [0.717, 1.165) is 11.7 Å². The summed E-state index contributed by atoms with van der Waals surface area (Å²) in [5, 5.41) is 9.75. The van der Waals surface area contributed by atoms with E-state index in [4.69, 9.17) is 5.11 Å². The van der Waals surface area contributed by atoms with Crippen LogP contribution in [-0.2, 0) is 4.79 Å². The Balaban J connectivity index is 2.25. The first kappa shape index (κ1) is 10.9. The first-order valence-corrected chi connectivity index (χ1v) is 6.04. The maximum absolute atomic E-state index is 10.5. The van der Waals surface area contributed by atoms with Crippen molar-refractivity contribution in [3.63, 3.8) is 0 Å². The van der Waals surface area contributed by atoms with Crippen LogP contribution < -0.4 is 0 Å². The molecule has 2 nitrogen and oxygen atoms in total. The van der Waals surface area contributed by atoms with Gasteiger partial charge in [0.15, 0.2) is 0 Å². The van der Waals surface area contributed by atoms with Crippen molar-refractivity contribution < 1.29 is 9.90 Å². The average molecular weight is 202 g/mol. The number of hydrogen-bond acceptors (Lipinski definition) is 2. The lowest BCUT2D eigenvalue weighted by molar-refractivity contribution is -0.136. The summed E-state index contributed by atoms with van der Waals surface area (Å²) in [6, 6.07) is 0. The first-order chi connectivity index (χ1) is 6.22. The van der Waals surface area contributed by atoms with Crippen molar-refractivity contribution in [2.24, 2.45) is 0 Å². The number of carbonyl (C=O) groups is 1. The van der Waals surface area contributed by atoms with E-state index in [-0.39, 0.29) is 0 Å². The van der Waals surface area contributed by atoms with Gasteiger partial charge in [0.2, 0.25) is 0 Å². The molecule has 76 valence electrons. The molecule has 0 spiro atoms. The molecule has 0 radical (unpaired) electrons. The molecule has 0 aliphatic heterocycles. The minimum atomic E-state index is -0.655. The van der Waals surface area contributed by atoms with Gasteiger partial charge < -0.3 is 5.11 Å². The van der Waals surface area contributed by atoms with Gasteiger partial charge >= 0.3 is 5.97 Å². The minimum absolute atomic E-state index is 0.331. The van der Waals surface area contributed by atoms with Gasteiger partial charge in [0, 0.05) is 10.5 Å². The lowest BCUT2D eigenvalue weighted by Gasteiger charge is -2.16. The van der Waals surface area contributed by atoms with E-state index in [1.165, 1.54) is 25.7 Å². The van der Waals surface area contributed by atoms with Crippen molar-refractivity contribution in [2.75, 3.05) is 0 Å². The maximum atomic E-state index is 10.5. The predicted octanol–water partition coefficient (Wildman–Crippen LogP) is 2.92. The SMILES string of the molecule is CCC(CC(=O)O)SC1CCCC1. The third kappa shape index (κ3) is 4.03. The molecule has 1 aliphatic rings. The molecule has 0 aromatic rings. The molecule has 1 saturated carbocycles. The van der Waals surface area contributed by atoms with Crippen LogP contribution in [0.4, 0.5) is 0 Å². The topological polar surface area (TPSA) is 37.3 Å². The molecule has 3 heteroatoms. The second-order valence-corrected chi connectivity index (χ2v) is 5.28. The monoisotopic (exact) mass is 202 g/mol. The highest BCUT2D eigenvalue weighted by Crippen LogP contribution is 2.34. The van der Waals surface area contributed by atoms with Crippen LogP contribution >= 0.6 is 11.8 Å². The van der Waals surface area contributed by atoms with Gasteiger partial charge in [0.25, 0.3) is 0 Å². The largest absolute Gasteiger partial charge is 0.481 e. The number of aliphatic carboxylic acids is 1. The molecular weight excluding hydrogens is 184 g/mol. The summed E-state index contributed by atoms with van der Waals surface area (Å²) < 4.78 is 0. The molecular formula is C10H18O2S. The normalized spacial score (nSPS) is 20.4. The highest BCUT2D eigenvalue weighted by molar-refractivity contribution is 8.00. The molecule has 13 heavy (non-hydrogen) atoms. The van der Waals surface area contributed by atoms with E-state index < -0.39 is 5.97 Å². The molecule has 1 N–H and O–H groups in total. The Bertz CT molecular complexity index is 164. The maximum Gasteiger partial charge on any atom is 0.304 e. The van der Waals surface area contributed by atoms with Gasteiger partial charge in [0.05, 0.1) is 6.42 Å². The molecule has 0 aromatic heterocycles. The Hall–Kier alpha value is -0.180. The molecule has 0 heterocycles. The third-order valence-electron chi connectivity index (χ3n) is 2.54. The Morgan fingerprint density at radius 1 is 1.54 bits per heavy atom. The van der Waals surface area contributed by atoms with Crippen LogP contribution in [0.3, 0.4) is 0 Å². The van der Waals surface area contributed by atoms with Crippen LogP contribution in [0.15, 0.2) is 0 Å². The lowest BCUT2D eigenvalue weighted by atomic mass is 10.2. The Morgan fingerprint density at radius 3 is 2.62 bits per heavy atom. The third-order valence-corrected chi connectivity index (χ3v) is 4.29. The fourth-order valence-corrected chi connectivity index (χ4v) is 3.36. The molecule has 1 fully saturated rings. The summed E-state index contributed by atoms with van der Waals surface area (Å²) in [5.74, 6) is -0.655. The van der Waals surface area contributed by atoms with Gasteiger partial charge in [-0.15, -0.1) is 0 Å². The van der Waals surface area contributed by atoms with Gasteiger partial charge in [0.1, 0.15) is 0 Å². The zero-order chi connectivity index (χ0) is 9.68. The van der Waals surface area contributed by atoms with Crippen molar-refractivity contribution in [1.29, 1.82) is 0 Å². The van der Waals surface area contributed by atoms with Crippen LogP contribution in [0.5, 0.6) is 0 Å². The van der Waals surface area contributed by atoms with Crippen molar-refractivity contribution in [3.05, 3.63) is 0 Å². The average Bonchev–Trinajstić information content (AvgIpc) is 2.55. The molecule has 1 rings (SSSR count). The number of carboxylic acid groups (broad SMARTS) is 1. The van der Waals surface area contributed by atoms with E-state index in [9.17, 15) is 4.79 Å². The standard InChI is InChI=1S/C10H18O2S/c1-2-8(7-10(11)12)13-9-5-3-4-6-9/h8-9H,2-7H2,1H3,(H,11,12). The summed E-state index contributed by atoms with van der Waals surface area (Å²) in [6.07, 6.45) is 6.56. The van der Waals surface area contributed by atoms with Gasteiger partial charge in [-0.25, -0.2) is 0 Å². The van der Waals surface area contributed by atoms with Crippen molar-refractivity contribution >= 4 is 17.7 Å². The molecule has 0 bridgehead atoms. The van der Waals surface area contributed by atoms with E-state index in [2.05, 4.69) is 6.92 Å². The van der Waals surface area contributed by atoms with E-state index in [0.29, 0.717) is 11.7 Å². The molecule has 0 aromatic carbocycles. The van der Waals surface area contributed by atoms with Gasteiger partial charge in [-0.3, -0.25) is 4.79 Å². The second kappa shape index (κ2) is 5.53. The Labute approximate surface area is 84.1 Å². The highest BCUT2D eigenvalue weighted by atomic mass is 32.2. The number of rotatable bonds is 5. The summed E-state index contributed by atoms with van der Waals surface area (Å²) in [5.41, 5.74) is 0. The van der Waals surface area contributed by atoms with Crippen LogP contribution in [0.2, 0.25) is 0 Å². The second-order valence-electron chi connectivity index (χ2n) is 3.67.